The van der Waals surface area contributed by atoms with Gasteiger partial charge in [-0.2, -0.15) is 0 Å². The minimum Gasteiger partial charge on any atom is -0.480 e. The number of likely N-dealkylation sites (tertiary alicyclic amines) is 2. The Kier molecular flexibility index (Phi) is 6.53. The molecule has 204 valence electrons. The molecule has 2 atom stereocenters. The first-order valence-corrected chi connectivity index (χ1v) is 13.7. The molecular weight excluding hydrogens is 498 g/mol. The fourth-order valence-corrected chi connectivity index (χ4v) is 6.18. The molecule has 1 N–H and O–H groups in total. The highest BCUT2D eigenvalue weighted by molar-refractivity contribution is 5.98. The predicted octanol–water partition coefficient (Wildman–Crippen LogP) is 2.58. The van der Waals surface area contributed by atoms with Crippen molar-refractivity contribution in [3.8, 4) is 5.75 Å². The standard InChI is InChI=1S/C30H33N3O6/c1-38-29(37)21-7-4-6-20(15-21)26(34)31-22-9-13-32(14-10-22)27(35)23-17-30(11-12-30)18-33(23)28(36)25-16-19-5-2-3-8-24(19)39-25/h2-8,15,22-23,25H,9-14,16-18H2,1H3,(H,31,34)/t23-,25?/m1/s1. The van der Waals surface area contributed by atoms with Crippen molar-refractivity contribution in [3.05, 3.63) is 65.2 Å². The average molecular weight is 532 g/mol. The first-order chi connectivity index (χ1) is 18.9. The van der Waals surface area contributed by atoms with Gasteiger partial charge in [0.2, 0.25) is 5.91 Å². The smallest absolute Gasteiger partial charge is 0.337 e. The van der Waals surface area contributed by atoms with Crippen LogP contribution in [-0.2, 0) is 20.7 Å². The number of nitrogens with one attached hydrogen (secondary N) is 1. The van der Waals surface area contributed by atoms with E-state index in [9.17, 15) is 19.2 Å². The van der Waals surface area contributed by atoms with E-state index in [1.807, 2.05) is 29.2 Å². The maximum Gasteiger partial charge on any atom is 0.337 e. The molecule has 6 rings (SSSR count). The molecule has 2 saturated heterocycles. The van der Waals surface area contributed by atoms with Gasteiger partial charge >= 0.3 is 5.97 Å². The van der Waals surface area contributed by atoms with E-state index in [1.165, 1.54) is 13.2 Å². The Hall–Kier alpha value is -3.88. The van der Waals surface area contributed by atoms with Gasteiger partial charge < -0.3 is 24.6 Å². The lowest BCUT2D eigenvalue weighted by Gasteiger charge is -2.36. The number of carbonyl (C=O) groups is 4. The number of para-hydroxylation sites is 1. The number of amides is 3. The maximum atomic E-state index is 13.7. The molecule has 3 fully saturated rings. The molecule has 39 heavy (non-hydrogen) atoms. The summed E-state index contributed by atoms with van der Waals surface area (Å²) in [4.78, 5) is 55.5. The fraction of sp³-hybridized carbons (Fsp3) is 0.467. The molecule has 0 aromatic heterocycles. The second kappa shape index (κ2) is 10.0. The van der Waals surface area contributed by atoms with E-state index in [0.717, 1.165) is 24.2 Å². The Morgan fingerprint density at radius 2 is 1.72 bits per heavy atom. The first kappa shape index (κ1) is 25.4. The zero-order chi connectivity index (χ0) is 27.1. The second-order valence-corrected chi connectivity index (χ2v) is 11.2. The topological polar surface area (TPSA) is 105 Å². The fourth-order valence-electron chi connectivity index (χ4n) is 6.18. The quantitative estimate of drug-likeness (QED) is 0.595. The van der Waals surface area contributed by atoms with Gasteiger partial charge in [-0.3, -0.25) is 14.4 Å². The van der Waals surface area contributed by atoms with E-state index in [2.05, 4.69) is 5.32 Å². The highest BCUT2D eigenvalue weighted by Crippen LogP contribution is 2.55. The number of methoxy groups -OCH3 is 1. The molecule has 4 aliphatic rings. The minimum atomic E-state index is -0.578. The Labute approximate surface area is 227 Å². The average Bonchev–Trinajstić information content (AvgIpc) is 3.40. The number of benzene rings is 2. The zero-order valence-corrected chi connectivity index (χ0v) is 22.1. The number of hydrogen-bond acceptors (Lipinski definition) is 6. The number of nitrogens with zero attached hydrogens (tertiary/aromatic N) is 2. The van der Waals surface area contributed by atoms with Crippen molar-refractivity contribution < 1.29 is 28.7 Å². The molecule has 1 aliphatic carbocycles. The molecule has 9 heteroatoms. The summed E-state index contributed by atoms with van der Waals surface area (Å²) in [6.07, 6.45) is 4.03. The molecule has 9 nitrogen and oxygen atoms in total. The van der Waals surface area contributed by atoms with Gasteiger partial charge in [-0.15, -0.1) is 0 Å². The lowest BCUT2D eigenvalue weighted by atomic mass is 10.00. The molecule has 3 amide bonds. The third kappa shape index (κ3) is 4.97. The summed E-state index contributed by atoms with van der Waals surface area (Å²) in [5.41, 5.74) is 1.82. The summed E-state index contributed by atoms with van der Waals surface area (Å²) >= 11 is 0. The van der Waals surface area contributed by atoms with E-state index in [0.29, 0.717) is 56.4 Å². The Morgan fingerprint density at radius 1 is 0.974 bits per heavy atom. The third-order valence-electron chi connectivity index (χ3n) is 8.64. The number of esters is 1. The number of piperidine rings is 1. The maximum absolute atomic E-state index is 13.7. The van der Waals surface area contributed by atoms with Crippen LogP contribution in [-0.4, -0.2) is 78.4 Å². The van der Waals surface area contributed by atoms with Crippen LogP contribution in [0.5, 0.6) is 5.75 Å². The van der Waals surface area contributed by atoms with Crippen LogP contribution in [0.4, 0.5) is 0 Å². The summed E-state index contributed by atoms with van der Waals surface area (Å²) in [6, 6.07) is 13.6. The van der Waals surface area contributed by atoms with Crippen LogP contribution in [0, 0.1) is 5.41 Å². The van der Waals surface area contributed by atoms with Crippen LogP contribution in [0.1, 0.15) is 58.4 Å². The van der Waals surface area contributed by atoms with Gasteiger partial charge in [0.25, 0.3) is 11.8 Å². The van der Waals surface area contributed by atoms with Gasteiger partial charge in [-0.05, 0) is 67.3 Å². The number of fused-ring (bicyclic) bond motifs is 1. The van der Waals surface area contributed by atoms with E-state index >= 15 is 0 Å². The molecule has 0 bridgehead atoms. The molecular formula is C30H33N3O6. The van der Waals surface area contributed by atoms with Crippen LogP contribution >= 0.6 is 0 Å². The van der Waals surface area contributed by atoms with Crippen molar-refractivity contribution in [2.24, 2.45) is 5.41 Å². The Balaban J connectivity index is 1.06. The van der Waals surface area contributed by atoms with E-state index < -0.39 is 18.1 Å². The Bertz CT molecular complexity index is 1290. The van der Waals surface area contributed by atoms with Crippen molar-refractivity contribution >= 4 is 23.7 Å². The molecule has 1 saturated carbocycles. The molecule has 2 aromatic carbocycles. The van der Waals surface area contributed by atoms with E-state index in [1.54, 1.807) is 23.1 Å². The highest BCUT2D eigenvalue weighted by atomic mass is 16.5. The summed E-state index contributed by atoms with van der Waals surface area (Å²) in [5, 5.41) is 3.03. The van der Waals surface area contributed by atoms with Gasteiger partial charge in [0.05, 0.1) is 12.7 Å². The lowest BCUT2D eigenvalue weighted by molar-refractivity contribution is -0.148. The van der Waals surface area contributed by atoms with Gasteiger partial charge in [-0.1, -0.05) is 24.3 Å². The summed E-state index contributed by atoms with van der Waals surface area (Å²) < 4.78 is 10.7. The zero-order valence-electron chi connectivity index (χ0n) is 22.1. The van der Waals surface area contributed by atoms with Crippen molar-refractivity contribution in [3.63, 3.8) is 0 Å². The van der Waals surface area contributed by atoms with E-state index in [-0.39, 0.29) is 29.2 Å². The molecule has 0 radical (unpaired) electrons. The van der Waals surface area contributed by atoms with Crippen molar-refractivity contribution in [2.75, 3.05) is 26.7 Å². The van der Waals surface area contributed by atoms with Crippen LogP contribution in [0.2, 0.25) is 0 Å². The van der Waals surface area contributed by atoms with Crippen LogP contribution in [0.15, 0.2) is 48.5 Å². The van der Waals surface area contributed by atoms with Crippen molar-refractivity contribution in [2.45, 2.75) is 56.7 Å². The number of ether oxygens (including phenoxy) is 2. The molecule has 3 heterocycles. The number of rotatable bonds is 5. The van der Waals surface area contributed by atoms with Crippen LogP contribution in [0.25, 0.3) is 0 Å². The highest BCUT2D eigenvalue weighted by Gasteiger charge is 2.57. The minimum absolute atomic E-state index is 0.00167. The number of hydrogen-bond donors (Lipinski definition) is 1. The lowest BCUT2D eigenvalue weighted by Crippen LogP contribution is -2.54. The first-order valence-electron chi connectivity index (χ1n) is 13.7. The Morgan fingerprint density at radius 3 is 2.44 bits per heavy atom. The SMILES string of the molecule is COC(=O)c1cccc(C(=O)NC2CCN(C(=O)[C@H]3CC4(CC4)CN3C(=O)C3Cc4ccccc4O3)CC2)c1. The molecule has 1 unspecified atom stereocenters. The monoisotopic (exact) mass is 531 g/mol. The van der Waals surface area contributed by atoms with Crippen molar-refractivity contribution in [1.82, 2.24) is 15.1 Å². The summed E-state index contributed by atoms with van der Waals surface area (Å²) in [5.74, 6) is -0.0951. The van der Waals surface area contributed by atoms with Gasteiger partial charge in [0, 0.05) is 37.7 Å². The van der Waals surface area contributed by atoms with E-state index in [4.69, 9.17) is 9.47 Å². The van der Waals surface area contributed by atoms with Gasteiger partial charge in [-0.25, -0.2) is 4.79 Å². The molecule has 1 spiro atoms. The largest absolute Gasteiger partial charge is 0.480 e. The van der Waals surface area contributed by atoms with Gasteiger partial charge in [0.1, 0.15) is 11.8 Å². The predicted molar refractivity (Wildman–Crippen MR) is 141 cm³/mol. The second-order valence-electron chi connectivity index (χ2n) is 11.2. The van der Waals surface area contributed by atoms with Crippen molar-refractivity contribution in [1.29, 1.82) is 0 Å². The summed E-state index contributed by atoms with van der Waals surface area (Å²) in [6.45, 7) is 1.65. The summed E-state index contributed by atoms with van der Waals surface area (Å²) in [7, 11) is 1.30. The molecule has 3 aliphatic heterocycles. The third-order valence-corrected chi connectivity index (χ3v) is 8.64. The molecule has 2 aromatic rings. The van der Waals surface area contributed by atoms with Gasteiger partial charge in [0.15, 0.2) is 6.10 Å². The van der Waals surface area contributed by atoms with Crippen LogP contribution < -0.4 is 10.1 Å². The normalized spacial score (nSPS) is 23.2. The number of carbonyl (C=O) groups excluding carboxylic acids is 4. The van der Waals surface area contributed by atoms with Crippen LogP contribution in [0.3, 0.4) is 0 Å².